The highest BCUT2D eigenvalue weighted by molar-refractivity contribution is 6.03. The van der Waals surface area contributed by atoms with Gasteiger partial charge in [-0.15, -0.1) is 6.58 Å². The topological polar surface area (TPSA) is 109 Å². The first-order chi connectivity index (χ1) is 18.6. The van der Waals surface area contributed by atoms with E-state index in [4.69, 9.17) is 14.9 Å². The normalized spacial score (nSPS) is 11.8. The summed E-state index contributed by atoms with van der Waals surface area (Å²) in [6.45, 7) is 14.5. The van der Waals surface area contributed by atoms with Crippen molar-refractivity contribution in [2.24, 2.45) is 0 Å². The number of esters is 1. The molecular formula is C31H40FN3O5. The molecule has 0 heterocycles. The summed E-state index contributed by atoms with van der Waals surface area (Å²) in [5.74, 6) is -1.32. The van der Waals surface area contributed by atoms with Crippen LogP contribution in [0.1, 0.15) is 74.5 Å². The number of aryl methyl sites for hydroxylation is 1. The van der Waals surface area contributed by atoms with E-state index in [2.05, 4.69) is 11.9 Å². The molecule has 0 aliphatic rings. The Hall–Kier alpha value is -4.01. The Balaban J connectivity index is 2.33. The van der Waals surface area contributed by atoms with Gasteiger partial charge < -0.3 is 14.8 Å². The number of carbonyl (C=O) groups is 3. The van der Waals surface area contributed by atoms with Crippen LogP contribution in [0.4, 0.5) is 14.9 Å². The van der Waals surface area contributed by atoms with Gasteiger partial charge in [0.2, 0.25) is 0 Å². The number of nitrogens with one attached hydrogen (secondary N) is 2. The Morgan fingerprint density at radius 1 is 1.18 bits per heavy atom. The number of rotatable bonds is 11. The number of Topliss-reactive ketones (excluding diaryl/α,β-unsaturated/α-hetero) is 1. The number of hydrogen-bond donors (Lipinski definition) is 2. The van der Waals surface area contributed by atoms with E-state index in [0.29, 0.717) is 12.8 Å². The standard InChI is InChI=1S/C31H40FN3O5/c1-9-11-20(4)39-27-18-25(34-30(38)35(8)28(33)10-2)24(32)17-23(27)26(36)16-22-13-12-21(14-19(22)3)15-29(37)40-31(5,6)7/h9,12-14,17-18,20,33H,1,10-11,15-16H2,2-8H3,(H,34,38). The highest BCUT2D eigenvalue weighted by atomic mass is 19.1. The molecule has 0 spiro atoms. The number of ether oxygens (including phenoxy) is 2. The average Bonchev–Trinajstić information content (AvgIpc) is 2.85. The first kappa shape index (κ1) is 32.2. The first-order valence-electron chi connectivity index (χ1n) is 13.2. The molecule has 9 heteroatoms. The molecule has 0 bridgehead atoms. The minimum absolute atomic E-state index is 0.0215. The van der Waals surface area contributed by atoms with E-state index in [-0.39, 0.29) is 53.5 Å². The smallest absolute Gasteiger partial charge is 0.327 e. The average molecular weight is 554 g/mol. The molecule has 2 rings (SSSR count). The fraction of sp³-hybridized carbons (Fsp3) is 0.419. The third kappa shape index (κ3) is 9.32. The van der Waals surface area contributed by atoms with Crippen LogP contribution in [0.25, 0.3) is 0 Å². The number of anilines is 1. The summed E-state index contributed by atoms with van der Waals surface area (Å²) in [5.41, 5.74) is 1.59. The van der Waals surface area contributed by atoms with Crippen molar-refractivity contribution in [1.82, 2.24) is 4.90 Å². The zero-order chi connectivity index (χ0) is 30.2. The number of nitrogens with zero attached hydrogens (tertiary/aromatic N) is 1. The molecule has 2 aromatic rings. The summed E-state index contributed by atoms with van der Waals surface area (Å²) < 4.78 is 26.5. The summed E-state index contributed by atoms with van der Waals surface area (Å²) in [7, 11) is 1.42. The quantitative estimate of drug-likeness (QED) is 0.107. The number of amides is 2. The molecule has 0 aromatic heterocycles. The number of amidine groups is 1. The molecule has 8 nitrogen and oxygen atoms in total. The largest absolute Gasteiger partial charge is 0.490 e. The second-order valence-corrected chi connectivity index (χ2v) is 10.7. The van der Waals surface area contributed by atoms with Crippen molar-refractivity contribution in [2.45, 2.75) is 78.9 Å². The lowest BCUT2D eigenvalue weighted by molar-refractivity contribution is -0.153. The van der Waals surface area contributed by atoms with Crippen LogP contribution in [0, 0.1) is 18.2 Å². The lowest BCUT2D eigenvalue weighted by Crippen LogP contribution is -2.36. The van der Waals surface area contributed by atoms with Gasteiger partial charge in [-0.05, 0) is 57.4 Å². The molecule has 2 N–H and O–H groups in total. The Morgan fingerprint density at radius 2 is 1.85 bits per heavy atom. The van der Waals surface area contributed by atoms with Gasteiger partial charge in [0.25, 0.3) is 0 Å². The summed E-state index contributed by atoms with van der Waals surface area (Å²) in [4.78, 5) is 39.2. The van der Waals surface area contributed by atoms with E-state index < -0.39 is 17.4 Å². The Kier molecular flexibility index (Phi) is 11.2. The van der Waals surface area contributed by atoms with Gasteiger partial charge in [0.1, 0.15) is 23.0 Å². The summed E-state index contributed by atoms with van der Waals surface area (Å²) in [5, 5.41) is 10.3. The van der Waals surface area contributed by atoms with E-state index in [0.717, 1.165) is 27.7 Å². The third-order valence-corrected chi connectivity index (χ3v) is 6.01. The predicted octanol–water partition coefficient (Wildman–Crippen LogP) is 6.64. The van der Waals surface area contributed by atoms with Gasteiger partial charge in [-0.25, -0.2) is 9.18 Å². The number of urea groups is 1. The first-order valence-corrected chi connectivity index (χ1v) is 13.2. The molecule has 216 valence electrons. The number of halogens is 1. The van der Waals surface area contributed by atoms with Crippen LogP contribution in [-0.2, 0) is 22.4 Å². The third-order valence-electron chi connectivity index (χ3n) is 6.01. The summed E-state index contributed by atoms with van der Waals surface area (Å²) >= 11 is 0. The van der Waals surface area contributed by atoms with Crippen molar-refractivity contribution >= 4 is 29.3 Å². The maximum atomic E-state index is 15.1. The molecule has 1 atom stereocenters. The van der Waals surface area contributed by atoms with Gasteiger partial charge in [-0.3, -0.25) is 19.9 Å². The Labute approximate surface area is 236 Å². The highest BCUT2D eigenvalue weighted by Gasteiger charge is 2.22. The van der Waals surface area contributed by atoms with Gasteiger partial charge in [-0.2, -0.15) is 0 Å². The van der Waals surface area contributed by atoms with E-state index in [1.807, 2.05) is 13.0 Å². The van der Waals surface area contributed by atoms with Gasteiger partial charge in [0.05, 0.1) is 23.8 Å². The monoisotopic (exact) mass is 553 g/mol. The van der Waals surface area contributed by atoms with E-state index in [9.17, 15) is 14.4 Å². The van der Waals surface area contributed by atoms with Gasteiger partial charge in [0, 0.05) is 32.4 Å². The Bertz CT molecular complexity index is 1280. The van der Waals surface area contributed by atoms with Crippen LogP contribution in [0.5, 0.6) is 5.75 Å². The lowest BCUT2D eigenvalue weighted by Gasteiger charge is -2.21. The molecule has 0 saturated heterocycles. The van der Waals surface area contributed by atoms with Crippen LogP contribution in [0.2, 0.25) is 0 Å². The molecule has 0 saturated carbocycles. The van der Waals surface area contributed by atoms with Crippen LogP contribution >= 0.6 is 0 Å². The number of benzene rings is 2. The van der Waals surface area contributed by atoms with Crippen LogP contribution in [-0.4, -0.2) is 47.3 Å². The maximum Gasteiger partial charge on any atom is 0.327 e. The van der Waals surface area contributed by atoms with Gasteiger partial charge in [-0.1, -0.05) is 31.2 Å². The number of carbonyl (C=O) groups excluding carboxylic acids is 3. The molecule has 2 aromatic carbocycles. The molecule has 1 unspecified atom stereocenters. The van der Waals surface area contributed by atoms with E-state index in [1.54, 1.807) is 52.8 Å². The van der Waals surface area contributed by atoms with E-state index >= 15 is 4.39 Å². The van der Waals surface area contributed by atoms with Crippen molar-refractivity contribution in [3.63, 3.8) is 0 Å². The van der Waals surface area contributed by atoms with Crippen molar-refractivity contribution in [1.29, 1.82) is 5.41 Å². The predicted molar refractivity (Wildman–Crippen MR) is 155 cm³/mol. The highest BCUT2D eigenvalue weighted by Crippen LogP contribution is 2.30. The molecule has 40 heavy (non-hydrogen) atoms. The van der Waals surface area contributed by atoms with Crippen molar-refractivity contribution in [2.75, 3.05) is 12.4 Å². The van der Waals surface area contributed by atoms with Crippen LogP contribution < -0.4 is 10.1 Å². The molecule has 0 radical (unpaired) electrons. The fourth-order valence-electron chi connectivity index (χ4n) is 3.90. The van der Waals surface area contributed by atoms with E-state index in [1.165, 1.54) is 13.1 Å². The van der Waals surface area contributed by atoms with Crippen LogP contribution in [0.15, 0.2) is 43.0 Å². The summed E-state index contributed by atoms with van der Waals surface area (Å²) in [6.07, 6.45) is 2.22. The molecule has 2 amide bonds. The van der Waals surface area contributed by atoms with Crippen LogP contribution in [0.3, 0.4) is 0 Å². The zero-order valence-corrected chi connectivity index (χ0v) is 24.4. The summed E-state index contributed by atoms with van der Waals surface area (Å²) in [6, 6.07) is 7.05. The van der Waals surface area contributed by atoms with Gasteiger partial charge >= 0.3 is 12.0 Å². The number of ketones is 1. The maximum absolute atomic E-state index is 15.1. The molecule has 0 aliphatic carbocycles. The van der Waals surface area contributed by atoms with Gasteiger partial charge in [0.15, 0.2) is 5.78 Å². The van der Waals surface area contributed by atoms with Crippen molar-refractivity contribution < 1.29 is 28.2 Å². The lowest BCUT2D eigenvalue weighted by atomic mass is 9.96. The minimum atomic E-state index is -0.804. The molecular weight excluding hydrogens is 513 g/mol. The Morgan fingerprint density at radius 3 is 2.42 bits per heavy atom. The number of hydrogen-bond acceptors (Lipinski definition) is 6. The second kappa shape index (κ2) is 13.9. The van der Waals surface area contributed by atoms with Crippen molar-refractivity contribution in [3.8, 4) is 5.75 Å². The zero-order valence-electron chi connectivity index (χ0n) is 24.4. The molecule has 0 aliphatic heterocycles. The fourth-order valence-corrected chi connectivity index (χ4v) is 3.90. The molecule has 0 fully saturated rings. The minimum Gasteiger partial charge on any atom is -0.490 e. The SMILES string of the molecule is C=CCC(C)Oc1cc(NC(=O)N(C)C(=N)CC)c(F)cc1C(=O)Cc1ccc(CC(=O)OC(C)(C)C)cc1C. The second-order valence-electron chi connectivity index (χ2n) is 10.7. The van der Waals surface area contributed by atoms with Crippen molar-refractivity contribution in [3.05, 3.63) is 71.1 Å².